The van der Waals surface area contributed by atoms with Crippen LogP contribution >= 0.6 is 0 Å². The van der Waals surface area contributed by atoms with Crippen molar-refractivity contribution in [2.45, 2.75) is 33.1 Å². The molecule has 0 atom stereocenters. The average molecular weight is 394 g/mol. The number of likely N-dealkylation sites (tertiary alicyclic amines) is 1. The van der Waals surface area contributed by atoms with Crippen LogP contribution in [0.3, 0.4) is 0 Å². The van der Waals surface area contributed by atoms with E-state index < -0.39 is 17.4 Å². The molecule has 1 aromatic carbocycles. The summed E-state index contributed by atoms with van der Waals surface area (Å²) in [6, 6.07) is 5.39. The second-order valence-electron chi connectivity index (χ2n) is 6.79. The quantitative estimate of drug-likeness (QED) is 0.694. The molecule has 1 fully saturated rings. The summed E-state index contributed by atoms with van der Waals surface area (Å²) in [6.07, 6.45) is 0.566. The number of anilines is 1. The fraction of sp³-hybridized carbons (Fsp3) is 0.550. The molecule has 0 radical (unpaired) electrons. The number of hydrogen-bond donors (Lipinski definition) is 0. The van der Waals surface area contributed by atoms with Crippen LogP contribution in [0.2, 0.25) is 0 Å². The molecule has 1 aliphatic heterocycles. The molecule has 0 aliphatic carbocycles. The normalized spacial score (nSPS) is 15.6. The Bertz CT molecular complexity index is 699. The lowest BCUT2D eigenvalue weighted by atomic mass is 9.75. The molecule has 0 unspecified atom stereocenters. The molecule has 1 saturated heterocycles. The van der Waals surface area contributed by atoms with Gasteiger partial charge < -0.3 is 14.4 Å². The van der Waals surface area contributed by atoms with E-state index >= 15 is 0 Å². The second kappa shape index (κ2) is 9.52. The van der Waals surface area contributed by atoms with Crippen molar-refractivity contribution in [1.82, 2.24) is 4.90 Å². The third-order valence-corrected chi connectivity index (χ3v) is 4.99. The highest BCUT2D eigenvalue weighted by Gasteiger charge is 2.45. The number of nitrogens with zero attached hydrogens (tertiary/aromatic N) is 2. The van der Waals surface area contributed by atoms with E-state index in [4.69, 9.17) is 9.47 Å². The first-order valence-electron chi connectivity index (χ1n) is 9.44. The highest BCUT2D eigenvalue weighted by atomic mass is 19.1. The Labute approximate surface area is 164 Å². The van der Waals surface area contributed by atoms with E-state index in [0.717, 1.165) is 0 Å². The van der Waals surface area contributed by atoms with E-state index in [2.05, 4.69) is 0 Å². The number of amides is 2. The lowest BCUT2D eigenvalue weighted by Crippen LogP contribution is -2.51. The maximum atomic E-state index is 13.1. The number of halogens is 1. The molecular formula is C20H27FN2O5. The Kier molecular flexibility index (Phi) is 7.37. The fourth-order valence-electron chi connectivity index (χ4n) is 3.34. The molecule has 2 rings (SSSR count). The molecule has 0 spiro atoms. The number of urea groups is 1. The van der Waals surface area contributed by atoms with Crippen molar-refractivity contribution in [1.29, 1.82) is 0 Å². The molecule has 0 aromatic heterocycles. The van der Waals surface area contributed by atoms with E-state index in [0.29, 0.717) is 31.6 Å². The first-order chi connectivity index (χ1) is 13.3. The summed E-state index contributed by atoms with van der Waals surface area (Å²) in [6.45, 7) is 4.50. The maximum Gasteiger partial charge on any atom is 0.324 e. The number of carbonyl (C=O) groups is 3. The zero-order chi connectivity index (χ0) is 20.7. The number of ether oxygens (including phenoxy) is 2. The minimum Gasteiger partial charge on any atom is -0.466 e. The predicted molar refractivity (Wildman–Crippen MR) is 101 cm³/mol. The van der Waals surface area contributed by atoms with Crippen LogP contribution in [0.15, 0.2) is 24.3 Å². The Hall–Kier alpha value is -2.64. The van der Waals surface area contributed by atoms with E-state index in [9.17, 15) is 18.8 Å². The largest absolute Gasteiger partial charge is 0.466 e. The van der Waals surface area contributed by atoms with E-state index in [1.54, 1.807) is 25.8 Å². The summed E-state index contributed by atoms with van der Waals surface area (Å²) in [7, 11) is 1.61. The Morgan fingerprint density at radius 2 is 1.64 bits per heavy atom. The van der Waals surface area contributed by atoms with E-state index in [-0.39, 0.29) is 31.5 Å². The summed E-state index contributed by atoms with van der Waals surface area (Å²) in [4.78, 5) is 40.4. The van der Waals surface area contributed by atoms with Crippen LogP contribution in [0, 0.1) is 11.2 Å². The Morgan fingerprint density at radius 3 is 2.18 bits per heavy atom. The third kappa shape index (κ3) is 4.99. The van der Waals surface area contributed by atoms with Crippen LogP contribution in [0.25, 0.3) is 0 Å². The van der Waals surface area contributed by atoms with Gasteiger partial charge in [0.1, 0.15) is 5.82 Å². The van der Waals surface area contributed by atoms with Gasteiger partial charge in [-0.1, -0.05) is 0 Å². The highest BCUT2D eigenvalue weighted by Crippen LogP contribution is 2.37. The molecule has 0 bridgehead atoms. The SMILES string of the molecule is CCOC(=O)CC1(C(=O)OCC)CCN(C(=O)N(C)c2ccc(F)cc2)CC1. The molecule has 0 saturated carbocycles. The van der Waals surface area contributed by atoms with Crippen molar-refractivity contribution in [3.8, 4) is 0 Å². The number of piperidine rings is 1. The van der Waals surface area contributed by atoms with Crippen LogP contribution in [0.1, 0.15) is 33.1 Å². The molecule has 7 nitrogen and oxygen atoms in total. The molecule has 1 aromatic rings. The van der Waals surface area contributed by atoms with Gasteiger partial charge in [-0.2, -0.15) is 0 Å². The third-order valence-electron chi connectivity index (χ3n) is 4.99. The average Bonchev–Trinajstić information content (AvgIpc) is 2.68. The predicted octanol–water partition coefficient (Wildman–Crippen LogP) is 2.98. The molecule has 0 N–H and O–H groups in total. The first-order valence-corrected chi connectivity index (χ1v) is 9.44. The smallest absolute Gasteiger partial charge is 0.324 e. The highest BCUT2D eigenvalue weighted by molar-refractivity contribution is 5.92. The van der Waals surface area contributed by atoms with Gasteiger partial charge in [0.2, 0.25) is 0 Å². The lowest BCUT2D eigenvalue weighted by molar-refractivity contribution is -0.165. The number of hydrogen-bond acceptors (Lipinski definition) is 5. The van der Waals surface area contributed by atoms with Gasteiger partial charge in [0, 0.05) is 25.8 Å². The van der Waals surface area contributed by atoms with Crippen LogP contribution in [-0.4, -0.2) is 56.2 Å². The van der Waals surface area contributed by atoms with Gasteiger partial charge in [0.05, 0.1) is 25.0 Å². The number of rotatable bonds is 6. The van der Waals surface area contributed by atoms with E-state index in [1.165, 1.54) is 29.2 Å². The maximum absolute atomic E-state index is 13.1. The van der Waals surface area contributed by atoms with Crippen LogP contribution in [0.5, 0.6) is 0 Å². The minimum atomic E-state index is -0.979. The van der Waals surface area contributed by atoms with Gasteiger partial charge in [-0.15, -0.1) is 0 Å². The van der Waals surface area contributed by atoms with Crippen LogP contribution in [-0.2, 0) is 19.1 Å². The van der Waals surface area contributed by atoms with Gasteiger partial charge in [-0.05, 0) is 51.0 Å². The summed E-state index contributed by atoms with van der Waals surface area (Å²) in [5.41, 5.74) is -0.409. The summed E-state index contributed by atoms with van der Waals surface area (Å²) >= 11 is 0. The fourth-order valence-corrected chi connectivity index (χ4v) is 3.34. The van der Waals surface area contributed by atoms with Crippen molar-refractivity contribution in [3.63, 3.8) is 0 Å². The lowest BCUT2D eigenvalue weighted by Gasteiger charge is -2.40. The Morgan fingerprint density at radius 1 is 1.07 bits per heavy atom. The molecule has 154 valence electrons. The van der Waals surface area contributed by atoms with Crippen molar-refractivity contribution in [2.24, 2.45) is 5.41 Å². The monoisotopic (exact) mass is 394 g/mol. The van der Waals surface area contributed by atoms with Gasteiger partial charge >= 0.3 is 18.0 Å². The summed E-state index contributed by atoms with van der Waals surface area (Å²) in [5, 5.41) is 0. The second-order valence-corrected chi connectivity index (χ2v) is 6.79. The summed E-state index contributed by atoms with van der Waals surface area (Å²) < 4.78 is 23.3. The zero-order valence-electron chi connectivity index (χ0n) is 16.6. The number of benzene rings is 1. The molecule has 28 heavy (non-hydrogen) atoms. The Balaban J connectivity index is 2.07. The molecule has 8 heteroatoms. The van der Waals surface area contributed by atoms with Gasteiger partial charge in [-0.3, -0.25) is 14.5 Å². The molecular weight excluding hydrogens is 367 g/mol. The topological polar surface area (TPSA) is 76.2 Å². The standard InChI is InChI=1S/C20H27FN2O5/c1-4-27-17(24)14-20(18(25)28-5-2)10-12-23(13-11-20)19(26)22(3)16-8-6-15(21)7-9-16/h6-9H,4-5,10-14H2,1-3H3. The van der Waals surface area contributed by atoms with Gasteiger partial charge in [-0.25, -0.2) is 9.18 Å². The zero-order valence-corrected chi connectivity index (χ0v) is 16.6. The molecule has 2 amide bonds. The van der Waals surface area contributed by atoms with Crippen LogP contribution in [0.4, 0.5) is 14.9 Å². The number of carbonyl (C=O) groups excluding carboxylic acids is 3. The summed E-state index contributed by atoms with van der Waals surface area (Å²) in [5.74, 6) is -1.25. The van der Waals surface area contributed by atoms with E-state index in [1.807, 2.05) is 0 Å². The minimum absolute atomic E-state index is 0.0600. The number of esters is 2. The molecule has 1 heterocycles. The van der Waals surface area contributed by atoms with Crippen LogP contribution < -0.4 is 4.90 Å². The van der Waals surface area contributed by atoms with Crippen molar-refractivity contribution < 1.29 is 28.2 Å². The van der Waals surface area contributed by atoms with Crippen molar-refractivity contribution in [3.05, 3.63) is 30.1 Å². The van der Waals surface area contributed by atoms with Crippen molar-refractivity contribution >= 4 is 23.7 Å². The van der Waals surface area contributed by atoms with Gasteiger partial charge in [0.25, 0.3) is 0 Å². The first kappa shape index (κ1) is 21.7. The van der Waals surface area contributed by atoms with Crippen molar-refractivity contribution in [2.75, 3.05) is 38.3 Å². The van der Waals surface area contributed by atoms with Gasteiger partial charge in [0.15, 0.2) is 0 Å². The molecule has 1 aliphatic rings.